The van der Waals surface area contributed by atoms with E-state index in [0.29, 0.717) is 43.9 Å². The second kappa shape index (κ2) is 28.4. The Hall–Kier alpha value is -1.61. The molecule has 12 N–H and O–H groups in total. The summed E-state index contributed by atoms with van der Waals surface area (Å²) in [5.74, 6) is -0.674. The van der Waals surface area contributed by atoms with Crippen LogP contribution in [0.25, 0.3) is 0 Å². The molecule has 0 aromatic carbocycles. The average molecular weight is 1070 g/mol. The Balaban J connectivity index is 1.48. The molecule has 0 aromatic heterocycles. The molecule has 11 atom stereocenters. The molecule has 2 saturated heterocycles. The first-order valence-corrected chi connectivity index (χ1v) is 28.9. The molecular weight excluding hydrogens is 1000 g/mol. The van der Waals surface area contributed by atoms with E-state index in [2.05, 4.69) is 29.5 Å². The van der Waals surface area contributed by atoms with E-state index >= 15 is 0 Å². The number of rotatable bonds is 33. The maximum atomic E-state index is 13.2. The van der Waals surface area contributed by atoms with Gasteiger partial charge in [0.1, 0.15) is 43.2 Å². The number of thioether (sulfide) groups is 1. The van der Waals surface area contributed by atoms with Gasteiger partial charge in [0.05, 0.1) is 18.7 Å². The number of aliphatic hydroxyl groups is 2. The van der Waals surface area contributed by atoms with Crippen LogP contribution in [0.2, 0.25) is 0 Å². The Kier molecular flexibility index (Phi) is 25.3. The van der Waals surface area contributed by atoms with Crippen molar-refractivity contribution in [2.75, 3.05) is 25.5 Å². The maximum absolute atomic E-state index is 13.2. The highest BCUT2D eigenvalue weighted by molar-refractivity contribution is 8.00. The Morgan fingerprint density at radius 3 is 1.81 bits per heavy atom. The molecule has 0 bridgehead atoms. The molecule has 390 valence electrons. The van der Waals surface area contributed by atoms with Crippen LogP contribution in [-0.2, 0) is 64.7 Å². The average Bonchev–Trinajstić information content (AvgIpc) is 3.77. The number of fused-ring (bicyclic) bond motifs is 1. The summed E-state index contributed by atoms with van der Waals surface area (Å²) in [5.41, 5.74) is 0. The molecule has 2 aliphatic heterocycles. The van der Waals surface area contributed by atoms with Crippen LogP contribution in [0.4, 0.5) is 4.79 Å². The number of nitrogens with one attached hydrogen (secondary N) is 3. The zero-order valence-corrected chi connectivity index (χ0v) is 41.2. The van der Waals surface area contributed by atoms with Gasteiger partial charge in [-0.15, -0.1) is 0 Å². The van der Waals surface area contributed by atoms with E-state index in [9.17, 15) is 81.9 Å². The number of ether oxygens (including phenoxy) is 2. The third-order valence-corrected chi connectivity index (χ3v) is 14.7. The lowest BCUT2D eigenvalue weighted by molar-refractivity contribution is -0.209. The lowest BCUT2D eigenvalue weighted by Crippen LogP contribution is -2.65. The van der Waals surface area contributed by atoms with Crippen LogP contribution in [0.1, 0.15) is 110 Å². The first-order chi connectivity index (χ1) is 31.3. The zero-order chi connectivity index (χ0) is 50.0. The number of carbonyl (C=O) groups excluding carboxylic acids is 4. The van der Waals surface area contributed by atoms with Crippen LogP contribution in [-0.4, -0.2) is 154 Å². The van der Waals surface area contributed by atoms with Crippen molar-refractivity contribution in [1.29, 1.82) is 0 Å². The van der Waals surface area contributed by atoms with Crippen LogP contribution < -0.4 is 16.0 Å². The third kappa shape index (κ3) is 23.4. The van der Waals surface area contributed by atoms with E-state index in [1.54, 1.807) is 0 Å². The fourth-order valence-electron chi connectivity index (χ4n) is 7.48. The number of hydrogen-bond donors (Lipinski definition) is 12. The number of urea groups is 1. The Bertz CT molecular complexity index is 1750. The summed E-state index contributed by atoms with van der Waals surface area (Å²) in [7, 11) is -23.1. The van der Waals surface area contributed by atoms with E-state index in [-0.39, 0.29) is 36.9 Å². The van der Waals surface area contributed by atoms with Crippen LogP contribution in [0, 0.1) is 0 Å². The van der Waals surface area contributed by atoms with Gasteiger partial charge in [0.2, 0.25) is 5.91 Å². The van der Waals surface area contributed by atoms with Crippen molar-refractivity contribution in [3.8, 4) is 0 Å². The highest BCUT2D eigenvalue weighted by Gasteiger charge is 2.59. The van der Waals surface area contributed by atoms with Crippen molar-refractivity contribution in [3.05, 3.63) is 0 Å². The highest BCUT2D eigenvalue weighted by atomic mass is 32.2. The van der Waals surface area contributed by atoms with Crippen LogP contribution in [0.5, 0.6) is 0 Å². The second-order valence-electron chi connectivity index (χ2n) is 16.2. The molecule has 67 heavy (non-hydrogen) atoms. The molecule has 0 aromatic rings. The fourth-order valence-corrected chi connectivity index (χ4v) is 11.7. The zero-order valence-electron chi connectivity index (χ0n) is 36.8. The van der Waals surface area contributed by atoms with Gasteiger partial charge in [0.15, 0.2) is 6.10 Å². The van der Waals surface area contributed by atoms with Crippen molar-refractivity contribution < 1.29 is 114 Å². The predicted octanol–water partition coefficient (Wildman–Crippen LogP) is 1.66. The lowest BCUT2D eigenvalue weighted by Gasteiger charge is -2.45. The topological polar surface area (TPSA) is 419 Å². The standard InChI is InChI=1S/C35H65N3O24P4S/c1-2-3-4-6-10-17-27(41)58-22(19-56-26(40)16-9-7-5-8-13-18-36-25(39)15-12-11-14-24-28-23(21-67-24)37-35(44)38-28)20-57-66(54,55)62-31-29(42)32(59-63(45,46)47)34(61-65(51,52)53)33(30(31)43)60-64(48,49)50/h22-24,28-34,42-43H,2-21H2,1H3,(H,36,39)(H,54,55)(H2,37,38,44)(H2,45,46,47)(H2,48,49,50)(H2,51,52,53)/t22-,23+,24+,28+,29+,30+,31?,32-,33+,34?/m1/s1. The van der Waals surface area contributed by atoms with Crippen LogP contribution in [0.3, 0.4) is 0 Å². The summed E-state index contributed by atoms with van der Waals surface area (Å²) in [5, 5.41) is 30.8. The number of phosphoric acid groups is 4. The Labute approximate surface area is 391 Å². The summed E-state index contributed by atoms with van der Waals surface area (Å²) in [6.45, 7) is 0.757. The molecular formula is C35H65N3O24P4S. The minimum atomic E-state index is -5.80. The normalized spacial score (nSPS) is 26.8. The van der Waals surface area contributed by atoms with Gasteiger partial charge >= 0.3 is 49.3 Å². The van der Waals surface area contributed by atoms with Crippen LogP contribution >= 0.6 is 43.1 Å². The molecule has 3 fully saturated rings. The summed E-state index contributed by atoms with van der Waals surface area (Å²) in [4.78, 5) is 116. The third-order valence-electron chi connectivity index (χ3n) is 10.6. The second-order valence-corrected chi connectivity index (χ2v) is 22.4. The van der Waals surface area contributed by atoms with Crippen molar-refractivity contribution in [2.45, 2.75) is 170 Å². The number of aliphatic hydroxyl groups excluding tert-OH is 2. The van der Waals surface area contributed by atoms with Gasteiger partial charge in [-0.3, -0.25) is 37.0 Å². The summed E-state index contributed by atoms with van der Waals surface area (Å²) in [6.07, 6.45) is -8.22. The van der Waals surface area contributed by atoms with E-state index in [4.69, 9.17) is 18.5 Å². The molecule has 0 radical (unpaired) electrons. The summed E-state index contributed by atoms with van der Waals surface area (Å²) in [6, 6.07) is 0.169. The van der Waals surface area contributed by atoms with E-state index in [1.165, 1.54) is 0 Å². The molecule has 1 aliphatic carbocycles. The molecule has 32 heteroatoms. The number of amides is 3. The monoisotopic (exact) mass is 1070 g/mol. The number of phosphoric ester groups is 4. The number of esters is 2. The number of carbonyl (C=O) groups is 4. The van der Waals surface area contributed by atoms with E-state index < -0.39 is 99.2 Å². The highest BCUT2D eigenvalue weighted by Crippen LogP contribution is 2.53. The minimum absolute atomic E-state index is 0.0338. The van der Waals surface area contributed by atoms with Gasteiger partial charge in [0.25, 0.3) is 0 Å². The first-order valence-electron chi connectivity index (χ1n) is 21.8. The molecule has 3 aliphatic rings. The van der Waals surface area contributed by atoms with E-state index in [1.807, 2.05) is 18.7 Å². The smallest absolute Gasteiger partial charge is 0.462 e. The van der Waals surface area contributed by atoms with Gasteiger partial charge in [-0.25, -0.2) is 23.1 Å². The lowest BCUT2D eigenvalue weighted by atomic mass is 9.85. The van der Waals surface area contributed by atoms with Crippen molar-refractivity contribution in [3.63, 3.8) is 0 Å². The molecule has 1 saturated carbocycles. The summed E-state index contributed by atoms with van der Waals surface area (Å²) >= 11 is 1.83. The first kappa shape index (κ1) is 59.7. The number of hydrogen-bond acceptors (Lipinski definition) is 18. The quantitative estimate of drug-likeness (QED) is 0.0192. The van der Waals surface area contributed by atoms with Gasteiger partial charge in [0, 0.05) is 36.8 Å². The molecule has 27 nitrogen and oxygen atoms in total. The largest absolute Gasteiger partial charge is 0.472 e. The molecule has 3 unspecified atom stereocenters. The fraction of sp³-hybridized carbons (Fsp3) is 0.886. The SMILES string of the molecule is CCCCCCCC(=O)O[C@H](COC(=O)CCCCCCCNC(=O)CCCC[C@@H]1SC[C@@H]2NC(=O)N[C@@H]21)COP(=O)(O)OC1[C@H](O)[C@H](OP(=O)(O)O)C(OP(=O)(O)O)[C@H](OP(=O)(O)O)[C@H]1O. The molecule has 2 heterocycles. The molecule has 0 spiro atoms. The predicted molar refractivity (Wildman–Crippen MR) is 232 cm³/mol. The van der Waals surface area contributed by atoms with Gasteiger partial charge in [-0.05, 0) is 32.1 Å². The van der Waals surface area contributed by atoms with Crippen molar-refractivity contribution in [2.24, 2.45) is 0 Å². The maximum Gasteiger partial charge on any atom is 0.472 e. The Morgan fingerprint density at radius 1 is 0.672 bits per heavy atom. The summed E-state index contributed by atoms with van der Waals surface area (Å²) < 4.78 is 81.5. The van der Waals surface area contributed by atoms with Crippen molar-refractivity contribution >= 4 is 66.9 Å². The number of unbranched alkanes of at least 4 members (excludes halogenated alkanes) is 9. The Morgan fingerprint density at radius 2 is 1.21 bits per heavy atom. The van der Waals surface area contributed by atoms with Crippen LogP contribution in [0.15, 0.2) is 0 Å². The van der Waals surface area contributed by atoms with Gasteiger partial charge < -0.3 is 69.9 Å². The van der Waals surface area contributed by atoms with Crippen molar-refractivity contribution in [1.82, 2.24) is 16.0 Å². The molecule has 3 amide bonds. The minimum Gasteiger partial charge on any atom is -0.462 e. The van der Waals surface area contributed by atoms with Gasteiger partial charge in [-0.1, -0.05) is 58.3 Å². The molecule has 3 rings (SSSR count). The van der Waals surface area contributed by atoms with Gasteiger partial charge in [-0.2, -0.15) is 11.8 Å². The van der Waals surface area contributed by atoms with E-state index in [0.717, 1.165) is 63.5 Å².